The lowest BCUT2D eigenvalue weighted by Crippen LogP contribution is -2.46. The number of aromatic nitrogens is 3. The molecular formula is C15H24N6O3S. The average Bonchev–Trinajstić information content (AvgIpc) is 2.78. The molecule has 0 unspecified atom stereocenters. The van der Waals surface area contributed by atoms with Crippen LogP contribution >= 0.6 is 0 Å². The van der Waals surface area contributed by atoms with Crippen LogP contribution in [-0.2, 0) is 21.4 Å². The number of hydrogen-bond acceptors (Lipinski definition) is 7. The molecule has 0 spiro atoms. The van der Waals surface area contributed by atoms with Gasteiger partial charge >= 0.3 is 0 Å². The van der Waals surface area contributed by atoms with Crippen LogP contribution in [0.2, 0.25) is 0 Å². The van der Waals surface area contributed by atoms with Gasteiger partial charge in [0.05, 0.1) is 11.8 Å². The predicted octanol–water partition coefficient (Wildman–Crippen LogP) is 0.938. The van der Waals surface area contributed by atoms with E-state index >= 15 is 0 Å². The molecule has 2 aromatic heterocycles. The zero-order valence-corrected chi connectivity index (χ0v) is 16.1. The molecule has 10 heteroatoms. The van der Waals surface area contributed by atoms with E-state index in [0.29, 0.717) is 23.7 Å². The number of anilines is 1. The topological polar surface area (TPSA) is 124 Å². The highest BCUT2D eigenvalue weighted by atomic mass is 32.2. The third-order valence-electron chi connectivity index (χ3n) is 3.71. The zero-order chi connectivity index (χ0) is 19.0. The summed E-state index contributed by atoms with van der Waals surface area (Å²) >= 11 is 0. The van der Waals surface area contributed by atoms with Crippen LogP contribution in [0.1, 0.15) is 30.9 Å². The normalized spacial score (nSPS) is 13.0. The Hall–Kier alpha value is -2.20. The summed E-state index contributed by atoms with van der Waals surface area (Å²) in [7, 11) is -1.94. The molecule has 0 radical (unpaired) electrons. The first-order valence-corrected chi connectivity index (χ1v) is 9.52. The number of pyridine rings is 1. The Morgan fingerprint density at radius 2 is 2.00 bits per heavy atom. The fourth-order valence-corrected chi connectivity index (χ4v) is 3.87. The van der Waals surface area contributed by atoms with Gasteiger partial charge < -0.3 is 15.1 Å². The summed E-state index contributed by atoms with van der Waals surface area (Å²) in [4.78, 5) is 13.6. The summed E-state index contributed by atoms with van der Waals surface area (Å²) in [6.07, 6.45) is 2.59. The van der Waals surface area contributed by atoms with Gasteiger partial charge in [-0.3, -0.25) is 0 Å². The van der Waals surface area contributed by atoms with Crippen LogP contribution in [0.3, 0.4) is 0 Å². The van der Waals surface area contributed by atoms with E-state index in [1.165, 1.54) is 13.3 Å². The van der Waals surface area contributed by atoms with Crippen LogP contribution in [0.5, 0.6) is 0 Å². The Morgan fingerprint density at radius 1 is 1.36 bits per heavy atom. The molecule has 2 rings (SSSR count). The minimum atomic E-state index is -3.37. The number of oxime groups is 1. The minimum Gasteiger partial charge on any atom is -0.399 e. The van der Waals surface area contributed by atoms with Gasteiger partial charge in [-0.1, -0.05) is 5.16 Å². The maximum Gasteiger partial charge on any atom is 0.209 e. The number of nitrogens with zero attached hydrogens (tertiary/aromatic N) is 4. The molecule has 138 valence electrons. The molecule has 0 atom stereocenters. The molecule has 0 aromatic carbocycles. The van der Waals surface area contributed by atoms with Gasteiger partial charge in [0, 0.05) is 17.8 Å². The summed E-state index contributed by atoms with van der Waals surface area (Å²) < 4.78 is 27.8. The average molecular weight is 368 g/mol. The molecule has 0 aliphatic carbocycles. The van der Waals surface area contributed by atoms with Gasteiger partial charge in [0.15, 0.2) is 11.6 Å². The van der Waals surface area contributed by atoms with Crippen LogP contribution in [0.15, 0.2) is 5.16 Å². The van der Waals surface area contributed by atoms with E-state index in [2.05, 4.69) is 19.8 Å². The van der Waals surface area contributed by atoms with E-state index in [0.717, 1.165) is 23.0 Å². The first-order valence-electron chi connectivity index (χ1n) is 7.63. The van der Waals surface area contributed by atoms with Crippen molar-refractivity contribution in [1.82, 2.24) is 19.3 Å². The highest BCUT2D eigenvalue weighted by Crippen LogP contribution is 2.27. The summed E-state index contributed by atoms with van der Waals surface area (Å²) in [5.74, 6) is 0.820. The Kier molecular flexibility index (Phi) is 5.05. The molecule has 0 bridgehead atoms. The predicted molar refractivity (Wildman–Crippen MR) is 98.1 cm³/mol. The van der Waals surface area contributed by atoms with Gasteiger partial charge in [-0.2, -0.15) is 0 Å². The van der Waals surface area contributed by atoms with E-state index in [1.807, 2.05) is 18.4 Å². The molecule has 9 nitrogen and oxygen atoms in total. The lowest BCUT2D eigenvalue weighted by Gasteiger charge is -2.26. The van der Waals surface area contributed by atoms with Crippen LogP contribution < -0.4 is 10.5 Å². The van der Waals surface area contributed by atoms with Crippen molar-refractivity contribution in [3.8, 4) is 0 Å². The summed E-state index contributed by atoms with van der Waals surface area (Å²) in [6.45, 7) is 7.71. The molecule has 0 aliphatic heterocycles. The smallest absolute Gasteiger partial charge is 0.209 e. The van der Waals surface area contributed by atoms with E-state index < -0.39 is 15.6 Å². The zero-order valence-electron chi connectivity index (χ0n) is 15.3. The van der Waals surface area contributed by atoms with Crippen LogP contribution in [0, 0.1) is 13.8 Å². The first-order chi connectivity index (χ1) is 11.4. The molecule has 2 aromatic rings. The van der Waals surface area contributed by atoms with Crippen molar-refractivity contribution in [1.29, 1.82) is 0 Å². The standard InChI is InChI=1S/C15H24N6O3S/c1-9-10(2)18-14(16)12-13(9)21(11(19-12)7-17-24-5)8-15(3,4)20-25(6,22)23/h7,20H,8H2,1-6H3,(H2,16,18)/b17-7+. The first kappa shape index (κ1) is 19.1. The number of nitrogen functional groups attached to an aromatic ring is 1. The Balaban J connectivity index is 2.69. The monoisotopic (exact) mass is 368 g/mol. The van der Waals surface area contributed by atoms with E-state index in [4.69, 9.17) is 10.6 Å². The third-order valence-corrected chi connectivity index (χ3v) is 4.64. The molecule has 0 aliphatic rings. The van der Waals surface area contributed by atoms with Gasteiger partial charge in [0.2, 0.25) is 10.0 Å². The maximum atomic E-state index is 11.7. The second kappa shape index (κ2) is 6.60. The van der Waals surface area contributed by atoms with Gasteiger partial charge in [0.1, 0.15) is 18.8 Å². The summed E-state index contributed by atoms with van der Waals surface area (Å²) in [5, 5.41) is 3.78. The van der Waals surface area contributed by atoms with Gasteiger partial charge in [-0.15, -0.1) is 0 Å². The van der Waals surface area contributed by atoms with Crippen molar-refractivity contribution in [2.75, 3.05) is 19.1 Å². The van der Waals surface area contributed by atoms with E-state index in [1.54, 1.807) is 13.8 Å². The molecule has 3 N–H and O–H groups in total. The van der Waals surface area contributed by atoms with Crippen molar-refractivity contribution in [3.63, 3.8) is 0 Å². The van der Waals surface area contributed by atoms with Gasteiger partial charge in [-0.25, -0.2) is 23.1 Å². The lowest BCUT2D eigenvalue weighted by molar-refractivity contribution is 0.215. The number of nitrogens with two attached hydrogens (primary N) is 1. The molecule has 0 amide bonds. The van der Waals surface area contributed by atoms with E-state index in [-0.39, 0.29) is 0 Å². The molecular weight excluding hydrogens is 344 g/mol. The molecule has 0 saturated heterocycles. The lowest BCUT2D eigenvalue weighted by atomic mass is 10.1. The molecule has 2 heterocycles. The SMILES string of the molecule is CO/N=C/c1nc2c(N)nc(C)c(C)c2n1CC(C)(C)NS(C)(=O)=O. The van der Waals surface area contributed by atoms with Crippen molar-refractivity contribution >= 4 is 33.1 Å². The van der Waals surface area contributed by atoms with E-state index in [9.17, 15) is 8.42 Å². The summed E-state index contributed by atoms with van der Waals surface area (Å²) in [5.41, 5.74) is 8.33. The van der Waals surface area contributed by atoms with Crippen LogP contribution in [0.4, 0.5) is 5.82 Å². The molecule has 0 fully saturated rings. The Bertz CT molecular complexity index is 931. The highest BCUT2D eigenvalue weighted by Gasteiger charge is 2.26. The van der Waals surface area contributed by atoms with Crippen LogP contribution in [0.25, 0.3) is 11.0 Å². The fraction of sp³-hybridized carbons (Fsp3) is 0.533. The number of fused-ring (bicyclic) bond motifs is 1. The quantitative estimate of drug-likeness (QED) is 0.577. The second-order valence-electron chi connectivity index (χ2n) is 6.64. The Labute approximate surface area is 147 Å². The summed E-state index contributed by atoms with van der Waals surface area (Å²) in [6, 6.07) is 0. The van der Waals surface area contributed by atoms with Crippen molar-refractivity contribution < 1.29 is 13.3 Å². The number of nitrogens with one attached hydrogen (secondary N) is 1. The van der Waals surface area contributed by atoms with Crippen molar-refractivity contribution in [3.05, 3.63) is 17.1 Å². The fourth-order valence-electron chi connectivity index (χ4n) is 2.81. The van der Waals surface area contributed by atoms with Crippen molar-refractivity contribution in [2.24, 2.45) is 5.16 Å². The Morgan fingerprint density at radius 3 is 2.56 bits per heavy atom. The van der Waals surface area contributed by atoms with Crippen LogP contribution in [-0.4, -0.2) is 48.1 Å². The number of aryl methyl sites for hydroxylation is 2. The number of sulfonamides is 1. The third kappa shape index (κ3) is 4.26. The molecule has 25 heavy (non-hydrogen) atoms. The maximum absolute atomic E-state index is 11.7. The number of rotatable bonds is 6. The number of hydrogen-bond donors (Lipinski definition) is 2. The highest BCUT2D eigenvalue weighted by molar-refractivity contribution is 7.88. The minimum absolute atomic E-state index is 0.317. The molecule has 0 saturated carbocycles. The second-order valence-corrected chi connectivity index (χ2v) is 8.38. The number of imidazole rings is 1. The largest absolute Gasteiger partial charge is 0.399 e. The van der Waals surface area contributed by atoms with Gasteiger partial charge in [-0.05, 0) is 33.3 Å². The van der Waals surface area contributed by atoms with Gasteiger partial charge in [0.25, 0.3) is 0 Å². The van der Waals surface area contributed by atoms with Crippen molar-refractivity contribution in [2.45, 2.75) is 39.8 Å².